The molecule has 0 spiro atoms. The number of sulfonamides is 1. The van der Waals surface area contributed by atoms with Gasteiger partial charge in [0.2, 0.25) is 5.91 Å². The van der Waals surface area contributed by atoms with E-state index in [0.29, 0.717) is 27.5 Å². The lowest BCUT2D eigenvalue weighted by atomic mass is 10.0. The van der Waals surface area contributed by atoms with Crippen LogP contribution in [0.3, 0.4) is 0 Å². The molecule has 1 amide bonds. The summed E-state index contributed by atoms with van der Waals surface area (Å²) in [6, 6.07) is 9.16. The first-order chi connectivity index (χ1) is 11.9. The summed E-state index contributed by atoms with van der Waals surface area (Å²) >= 11 is 5.94. The van der Waals surface area contributed by atoms with Gasteiger partial charge in [-0.25, -0.2) is 8.42 Å². The summed E-state index contributed by atoms with van der Waals surface area (Å²) in [4.78, 5) is 23.7. The number of hydrogen-bond acceptors (Lipinski definition) is 4. The third kappa shape index (κ3) is 2.60. The number of carbonyl (C=O) groups excluding carboxylic acids is 2. The first kappa shape index (κ1) is 16.1. The first-order valence-electron chi connectivity index (χ1n) is 7.64. The Morgan fingerprint density at radius 1 is 1.08 bits per heavy atom. The Labute approximate surface area is 149 Å². The summed E-state index contributed by atoms with van der Waals surface area (Å²) in [6.45, 7) is 0.0735. The molecule has 0 aromatic heterocycles. The number of ketones is 1. The zero-order valence-corrected chi connectivity index (χ0v) is 14.5. The summed E-state index contributed by atoms with van der Waals surface area (Å²) in [6.07, 6.45) is 0.251. The Morgan fingerprint density at radius 3 is 2.68 bits per heavy atom. The average Bonchev–Trinajstić information content (AvgIpc) is 2.94. The number of nitrogens with one attached hydrogen (secondary N) is 1. The Hall–Kier alpha value is -2.38. The van der Waals surface area contributed by atoms with Gasteiger partial charge in [-0.3, -0.25) is 13.9 Å². The molecular weight excluding hydrogens is 364 g/mol. The molecule has 0 saturated heterocycles. The van der Waals surface area contributed by atoms with E-state index >= 15 is 0 Å². The highest BCUT2D eigenvalue weighted by Gasteiger charge is 2.33. The average molecular weight is 377 g/mol. The molecule has 0 aliphatic carbocycles. The molecule has 1 N–H and O–H groups in total. The van der Waals surface area contributed by atoms with Crippen LogP contribution >= 0.6 is 11.6 Å². The van der Waals surface area contributed by atoms with Crippen molar-refractivity contribution >= 4 is 44.7 Å². The topological polar surface area (TPSA) is 83.6 Å². The van der Waals surface area contributed by atoms with E-state index in [4.69, 9.17) is 11.6 Å². The molecule has 128 valence electrons. The van der Waals surface area contributed by atoms with Crippen LogP contribution in [-0.2, 0) is 21.2 Å². The number of carbonyl (C=O) groups is 2. The van der Waals surface area contributed by atoms with E-state index in [2.05, 4.69) is 5.32 Å². The Balaban J connectivity index is 1.80. The van der Waals surface area contributed by atoms with Crippen LogP contribution in [0.1, 0.15) is 22.3 Å². The minimum atomic E-state index is -3.85. The SMILES string of the molecule is O=C1Cc2cc(S(=O)(=O)N3CCC(=O)c4cc(Cl)ccc43)ccc2N1. The van der Waals surface area contributed by atoms with Crippen molar-refractivity contribution in [2.45, 2.75) is 17.7 Å². The lowest BCUT2D eigenvalue weighted by molar-refractivity contribution is -0.115. The van der Waals surface area contributed by atoms with Gasteiger partial charge in [-0.05, 0) is 42.0 Å². The number of amides is 1. The smallest absolute Gasteiger partial charge is 0.264 e. The molecule has 25 heavy (non-hydrogen) atoms. The number of hydrogen-bond donors (Lipinski definition) is 1. The van der Waals surface area contributed by atoms with E-state index in [1.165, 1.54) is 22.5 Å². The molecule has 8 heteroatoms. The highest BCUT2D eigenvalue weighted by Crippen LogP contribution is 2.35. The number of nitrogens with zero attached hydrogens (tertiary/aromatic N) is 1. The number of halogens is 1. The number of rotatable bonds is 2. The largest absolute Gasteiger partial charge is 0.326 e. The Kier molecular flexibility index (Phi) is 3.59. The molecule has 6 nitrogen and oxygen atoms in total. The molecule has 2 aromatic rings. The van der Waals surface area contributed by atoms with Crippen LogP contribution in [0.25, 0.3) is 0 Å². The van der Waals surface area contributed by atoms with Gasteiger partial charge >= 0.3 is 0 Å². The summed E-state index contributed by atoms with van der Waals surface area (Å²) in [5, 5.41) is 3.06. The van der Waals surface area contributed by atoms with Crippen molar-refractivity contribution in [3.05, 3.63) is 52.5 Å². The van der Waals surface area contributed by atoms with Crippen LogP contribution in [-0.4, -0.2) is 26.7 Å². The van der Waals surface area contributed by atoms with E-state index in [-0.39, 0.29) is 36.0 Å². The van der Waals surface area contributed by atoms with E-state index in [1.54, 1.807) is 18.2 Å². The van der Waals surface area contributed by atoms with Crippen molar-refractivity contribution in [2.75, 3.05) is 16.2 Å². The van der Waals surface area contributed by atoms with Crippen molar-refractivity contribution < 1.29 is 18.0 Å². The second-order valence-corrected chi connectivity index (χ2v) is 8.25. The van der Waals surface area contributed by atoms with E-state index in [1.807, 2.05) is 0 Å². The fraction of sp³-hybridized carbons (Fsp3) is 0.176. The van der Waals surface area contributed by atoms with Crippen molar-refractivity contribution in [3.63, 3.8) is 0 Å². The monoisotopic (exact) mass is 376 g/mol. The third-order valence-corrected chi connectivity index (χ3v) is 6.40. The first-order valence-corrected chi connectivity index (χ1v) is 9.46. The number of Topliss-reactive ketones (excluding diaryl/α,β-unsaturated/α-hetero) is 1. The highest BCUT2D eigenvalue weighted by molar-refractivity contribution is 7.92. The van der Waals surface area contributed by atoms with Crippen LogP contribution < -0.4 is 9.62 Å². The van der Waals surface area contributed by atoms with Gasteiger partial charge in [-0.15, -0.1) is 0 Å². The normalized spacial score (nSPS) is 16.4. The third-order valence-electron chi connectivity index (χ3n) is 4.36. The second-order valence-electron chi connectivity index (χ2n) is 5.96. The maximum atomic E-state index is 13.1. The minimum absolute atomic E-state index is 0.0735. The molecule has 4 rings (SSSR count). The van der Waals surface area contributed by atoms with Gasteiger partial charge in [0.25, 0.3) is 10.0 Å². The maximum Gasteiger partial charge on any atom is 0.264 e. The summed E-state index contributed by atoms with van der Waals surface area (Å²) in [5.41, 5.74) is 1.91. The highest BCUT2D eigenvalue weighted by atomic mass is 35.5. The Bertz CT molecular complexity index is 1030. The molecular formula is C17H13ClN2O4S. The van der Waals surface area contributed by atoms with Gasteiger partial charge in [0.15, 0.2) is 5.78 Å². The summed E-state index contributed by atoms with van der Waals surface area (Å²) in [7, 11) is -3.85. The van der Waals surface area contributed by atoms with Crippen molar-refractivity contribution in [1.29, 1.82) is 0 Å². The van der Waals surface area contributed by atoms with E-state index < -0.39 is 10.0 Å². The van der Waals surface area contributed by atoms with Crippen LogP contribution in [0.4, 0.5) is 11.4 Å². The standard InChI is InChI=1S/C17H13ClN2O4S/c18-11-1-4-15-13(9-11)16(21)5-6-20(15)25(23,24)12-2-3-14-10(7-12)8-17(22)19-14/h1-4,7,9H,5-6,8H2,(H,19,22). The summed E-state index contributed by atoms with van der Waals surface area (Å²) < 4.78 is 27.4. The van der Waals surface area contributed by atoms with Crippen LogP contribution in [0.5, 0.6) is 0 Å². The van der Waals surface area contributed by atoms with Gasteiger partial charge < -0.3 is 5.32 Å². The van der Waals surface area contributed by atoms with Gasteiger partial charge in [-0.2, -0.15) is 0 Å². The van der Waals surface area contributed by atoms with Crippen molar-refractivity contribution in [2.24, 2.45) is 0 Å². The lowest BCUT2D eigenvalue weighted by Crippen LogP contribution is -2.37. The number of benzene rings is 2. The molecule has 0 radical (unpaired) electrons. The van der Waals surface area contributed by atoms with Crippen molar-refractivity contribution in [3.8, 4) is 0 Å². The summed E-state index contributed by atoms with van der Waals surface area (Å²) in [5.74, 6) is -0.291. The maximum absolute atomic E-state index is 13.1. The quantitative estimate of drug-likeness (QED) is 0.873. The molecule has 2 aromatic carbocycles. The van der Waals surface area contributed by atoms with Crippen LogP contribution in [0, 0.1) is 0 Å². The predicted octanol–water partition coefficient (Wildman–Crippen LogP) is 2.62. The second kappa shape index (κ2) is 5.57. The minimum Gasteiger partial charge on any atom is -0.326 e. The van der Waals surface area contributed by atoms with Crippen LogP contribution in [0.15, 0.2) is 41.3 Å². The molecule has 2 heterocycles. The number of anilines is 2. The molecule has 0 unspecified atom stereocenters. The zero-order valence-electron chi connectivity index (χ0n) is 13.0. The molecule has 0 atom stereocenters. The zero-order chi connectivity index (χ0) is 17.8. The van der Waals surface area contributed by atoms with Gasteiger partial charge in [-0.1, -0.05) is 11.6 Å². The molecule has 2 aliphatic heterocycles. The molecule has 0 bridgehead atoms. The fourth-order valence-corrected chi connectivity index (χ4v) is 4.86. The van der Waals surface area contributed by atoms with E-state index in [9.17, 15) is 18.0 Å². The Morgan fingerprint density at radius 2 is 1.88 bits per heavy atom. The lowest BCUT2D eigenvalue weighted by Gasteiger charge is -2.30. The van der Waals surface area contributed by atoms with Gasteiger partial charge in [0.05, 0.1) is 17.0 Å². The number of fused-ring (bicyclic) bond motifs is 2. The van der Waals surface area contributed by atoms with Gasteiger partial charge in [0, 0.05) is 29.2 Å². The molecule has 0 saturated carbocycles. The van der Waals surface area contributed by atoms with Crippen molar-refractivity contribution in [1.82, 2.24) is 0 Å². The van der Waals surface area contributed by atoms with Crippen LogP contribution in [0.2, 0.25) is 5.02 Å². The predicted molar refractivity (Wildman–Crippen MR) is 93.7 cm³/mol. The fourth-order valence-electron chi connectivity index (χ4n) is 3.15. The molecule has 2 aliphatic rings. The van der Waals surface area contributed by atoms with Gasteiger partial charge in [0.1, 0.15) is 0 Å². The molecule has 0 fully saturated rings. The van der Waals surface area contributed by atoms with E-state index in [0.717, 1.165) is 0 Å².